The standard InChI is InChI=1S/C12H14BrN3S/c1-2-3-16-12(9-5-14-8-15-6-9)11-4-10(13)7-17-11/h4-8,12,16H,2-3H2,1H3. The molecule has 0 saturated carbocycles. The lowest BCUT2D eigenvalue weighted by molar-refractivity contribution is 0.602. The van der Waals surface area contributed by atoms with Gasteiger partial charge in [-0.1, -0.05) is 6.92 Å². The molecule has 0 aliphatic heterocycles. The molecule has 0 bridgehead atoms. The molecule has 0 amide bonds. The van der Waals surface area contributed by atoms with Crippen LogP contribution in [0.2, 0.25) is 0 Å². The summed E-state index contributed by atoms with van der Waals surface area (Å²) in [5.41, 5.74) is 1.11. The topological polar surface area (TPSA) is 37.8 Å². The van der Waals surface area contributed by atoms with Crippen LogP contribution >= 0.6 is 27.3 Å². The molecule has 5 heteroatoms. The molecule has 0 aliphatic carbocycles. The summed E-state index contributed by atoms with van der Waals surface area (Å²) < 4.78 is 1.12. The Labute approximate surface area is 113 Å². The summed E-state index contributed by atoms with van der Waals surface area (Å²) in [7, 11) is 0. The summed E-state index contributed by atoms with van der Waals surface area (Å²) >= 11 is 5.23. The van der Waals surface area contributed by atoms with E-state index >= 15 is 0 Å². The number of hydrogen-bond acceptors (Lipinski definition) is 4. The van der Waals surface area contributed by atoms with E-state index < -0.39 is 0 Å². The van der Waals surface area contributed by atoms with E-state index in [-0.39, 0.29) is 6.04 Å². The second kappa shape index (κ2) is 6.23. The Morgan fingerprint density at radius 3 is 2.76 bits per heavy atom. The summed E-state index contributed by atoms with van der Waals surface area (Å²) in [5, 5.41) is 5.62. The lowest BCUT2D eigenvalue weighted by atomic mass is 10.1. The van der Waals surface area contributed by atoms with Crippen molar-refractivity contribution in [3.63, 3.8) is 0 Å². The van der Waals surface area contributed by atoms with Crippen molar-refractivity contribution in [3.8, 4) is 0 Å². The highest BCUT2D eigenvalue weighted by Gasteiger charge is 2.15. The van der Waals surface area contributed by atoms with Crippen molar-refractivity contribution >= 4 is 27.3 Å². The van der Waals surface area contributed by atoms with Crippen molar-refractivity contribution in [2.75, 3.05) is 6.54 Å². The minimum Gasteiger partial charge on any atom is -0.306 e. The van der Waals surface area contributed by atoms with Crippen LogP contribution in [0.3, 0.4) is 0 Å². The van der Waals surface area contributed by atoms with Gasteiger partial charge in [0.2, 0.25) is 0 Å². The van der Waals surface area contributed by atoms with Crippen LogP contribution < -0.4 is 5.32 Å². The van der Waals surface area contributed by atoms with Gasteiger partial charge in [0, 0.05) is 32.7 Å². The molecule has 2 heterocycles. The fourth-order valence-corrected chi connectivity index (χ4v) is 3.16. The van der Waals surface area contributed by atoms with Gasteiger partial charge in [0.05, 0.1) is 6.04 Å². The van der Waals surface area contributed by atoms with Gasteiger partial charge in [-0.15, -0.1) is 11.3 Å². The number of halogens is 1. The van der Waals surface area contributed by atoms with Crippen LogP contribution in [-0.4, -0.2) is 16.5 Å². The molecule has 0 radical (unpaired) electrons. The smallest absolute Gasteiger partial charge is 0.115 e. The lowest BCUT2D eigenvalue weighted by Gasteiger charge is -2.16. The van der Waals surface area contributed by atoms with Gasteiger partial charge in [-0.25, -0.2) is 9.97 Å². The molecule has 90 valence electrons. The molecule has 0 saturated heterocycles. The molecule has 3 nitrogen and oxygen atoms in total. The van der Waals surface area contributed by atoms with Crippen LogP contribution in [0.5, 0.6) is 0 Å². The second-order valence-corrected chi connectivity index (χ2v) is 5.58. The molecule has 0 fully saturated rings. The van der Waals surface area contributed by atoms with Crippen LogP contribution in [0.25, 0.3) is 0 Å². The average molecular weight is 312 g/mol. The number of thiophene rings is 1. The van der Waals surface area contributed by atoms with Crippen LogP contribution in [0, 0.1) is 0 Å². The molecular formula is C12H14BrN3S. The van der Waals surface area contributed by atoms with Gasteiger partial charge >= 0.3 is 0 Å². The fraction of sp³-hybridized carbons (Fsp3) is 0.333. The van der Waals surface area contributed by atoms with Crippen molar-refractivity contribution in [3.05, 3.63) is 45.1 Å². The van der Waals surface area contributed by atoms with Crippen molar-refractivity contribution in [2.24, 2.45) is 0 Å². The van der Waals surface area contributed by atoms with E-state index in [1.807, 2.05) is 12.4 Å². The average Bonchev–Trinajstić information content (AvgIpc) is 2.78. The van der Waals surface area contributed by atoms with Gasteiger partial charge in [0.25, 0.3) is 0 Å². The molecule has 0 aromatic carbocycles. The van der Waals surface area contributed by atoms with Gasteiger partial charge in [0.15, 0.2) is 0 Å². The number of nitrogens with zero attached hydrogens (tertiary/aromatic N) is 2. The molecule has 1 N–H and O–H groups in total. The summed E-state index contributed by atoms with van der Waals surface area (Å²) in [4.78, 5) is 9.45. The van der Waals surface area contributed by atoms with E-state index in [0.717, 1.165) is 23.0 Å². The summed E-state index contributed by atoms with van der Waals surface area (Å²) in [6.45, 7) is 3.14. The number of rotatable bonds is 5. The number of hydrogen-bond donors (Lipinski definition) is 1. The number of nitrogens with one attached hydrogen (secondary N) is 1. The first-order valence-electron chi connectivity index (χ1n) is 5.53. The Kier molecular flexibility index (Phi) is 4.65. The predicted molar refractivity (Wildman–Crippen MR) is 74.2 cm³/mol. The van der Waals surface area contributed by atoms with Gasteiger partial charge in [-0.3, -0.25) is 0 Å². The maximum atomic E-state index is 4.09. The molecule has 2 aromatic rings. The van der Waals surface area contributed by atoms with Gasteiger partial charge < -0.3 is 5.32 Å². The second-order valence-electron chi connectivity index (χ2n) is 3.73. The molecule has 0 aliphatic rings. The predicted octanol–water partition coefficient (Wildman–Crippen LogP) is 3.39. The van der Waals surface area contributed by atoms with Crippen molar-refractivity contribution in [2.45, 2.75) is 19.4 Å². The molecule has 1 unspecified atom stereocenters. The van der Waals surface area contributed by atoms with Crippen LogP contribution in [0.1, 0.15) is 29.8 Å². The highest BCUT2D eigenvalue weighted by Crippen LogP contribution is 2.29. The highest BCUT2D eigenvalue weighted by atomic mass is 79.9. The SMILES string of the molecule is CCCNC(c1cncnc1)c1cc(Br)cs1. The Hall–Kier alpha value is -0.780. The Morgan fingerprint density at radius 2 is 2.18 bits per heavy atom. The molecule has 2 aromatic heterocycles. The molecule has 0 spiro atoms. The third-order valence-electron chi connectivity index (χ3n) is 2.38. The zero-order valence-electron chi connectivity index (χ0n) is 9.56. The van der Waals surface area contributed by atoms with Gasteiger partial charge in [-0.2, -0.15) is 0 Å². The molecule has 1 atom stereocenters. The quantitative estimate of drug-likeness (QED) is 0.919. The highest BCUT2D eigenvalue weighted by molar-refractivity contribution is 9.10. The van der Waals surface area contributed by atoms with E-state index in [1.54, 1.807) is 17.7 Å². The first kappa shape index (κ1) is 12.7. The maximum Gasteiger partial charge on any atom is 0.115 e. The summed E-state index contributed by atoms with van der Waals surface area (Å²) in [6.07, 6.45) is 6.41. The van der Waals surface area contributed by atoms with E-state index in [4.69, 9.17) is 0 Å². The third kappa shape index (κ3) is 3.34. The Balaban J connectivity index is 2.25. The van der Waals surface area contributed by atoms with Crippen molar-refractivity contribution in [1.29, 1.82) is 0 Å². The monoisotopic (exact) mass is 311 g/mol. The zero-order chi connectivity index (χ0) is 12.1. The fourth-order valence-electron chi connectivity index (χ4n) is 1.61. The molecule has 17 heavy (non-hydrogen) atoms. The van der Waals surface area contributed by atoms with E-state index in [0.29, 0.717) is 0 Å². The molecular weight excluding hydrogens is 298 g/mol. The summed E-state index contributed by atoms with van der Waals surface area (Å²) in [6, 6.07) is 2.33. The van der Waals surface area contributed by atoms with Gasteiger partial charge in [-0.05, 0) is 35.0 Å². The largest absolute Gasteiger partial charge is 0.306 e. The zero-order valence-corrected chi connectivity index (χ0v) is 12.0. The third-order valence-corrected chi connectivity index (χ3v) is 4.14. The lowest BCUT2D eigenvalue weighted by Crippen LogP contribution is -2.22. The van der Waals surface area contributed by atoms with Crippen molar-refractivity contribution < 1.29 is 0 Å². The minimum atomic E-state index is 0.187. The van der Waals surface area contributed by atoms with E-state index in [9.17, 15) is 0 Å². The first-order chi connectivity index (χ1) is 8.31. The molecule has 2 rings (SSSR count). The number of aromatic nitrogens is 2. The van der Waals surface area contributed by atoms with Gasteiger partial charge in [0.1, 0.15) is 6.33 Å². The first-order valence-corrected chi connectivity index (χ1v) is 7.20. The maximum absolute atomic E-state index is 4.09. The summed E-state index contributed by atoms with van der Waals surface area (Å²) in [5.74, 6) is 0. The Morgan fingerprint density at radius 1 is 1.41 bits per heavy atom. The van der Waals surface area contributed by atoms with E-state index in [1.165, 1.54) is 4.88 Å². The van der Waals surface area contributed by atoms with Crippen molar-refractivity contribution in [1.82, 2.24) is 15.3 Å². The van der Waals surface area contributed by atoms with E-state index in [2.05, 4.69) is 49.6 Å². The Bertz CT molecular complexity index is 458. The minimum absolute atomic E-state index is 0.187. The van der Waals surface area contributed by atoms with Crippen LogP contribution in [-0.2, 0) is 0 Å². The van der Waals surface area contributed by atoms with Crippen LogP contribution in [0.4, 0.5) is 0 Å². The normalized spacial score (nSPS) is 12.6. The van der Waals surface area contributed by atoms with Crippen LogP contribution in [0.15, 0.2) is 34.6 Å².